The summed E-state index contributed by atoms with van der Waals surface area (Å²) in [5, 5.41) is 12.6. The molecule has 1 aliphatic heterocycles. The van der Waals surface area contributed by atoms with E-state index in [1.54, 1.807) is 6.21 Å². The number of rotatable bonds is 3. The molecule has 1 atom stereocenters. The second kappa shape index (κ2) is 8.63. The van der Waals surface area contributed by atoms with Gasteiger partial charge in [0.15, 0.2) is 0 Å². The van der Waals surface area contributed by atoms with Crippen LogP contribution >= 0.6 is 27.5 Å². The summed E-state index contributed by atoms with van der Waals surface area (Å²) in [6.45, 7) is 0. The minimum atomic E-state index is -0.345. The van der Waals surface area contributed by atoms with Gasteiger partial charge in [-0.1, -0.05) is 94.3 Å². The Kier molecular flexibility index (Phi) is 5.53. The smallest absolute Gasteiger partial charge is 0.234 e. The summed E-state index contributed by atoms with van der Waals surface area (Å²) in [6, 6.07) is 29.8. The Morgan fingerprint density at radius 3 is 2.34 bits per heavy atom. The van der Waals surface area contributed by atoms with Crippen molar-refractivity contribution in [1.82, 2.24) is 0 Å². The standard InChI is InChI=1S/C27H16BrClN2O/c28-19-12-10-18(11-13-19)25-22-14-24(29)20-8-4-5-9-21(20)26(22)32-27(23(25)15-30)31-16-17-6-2-1-3-7-17/h1-14,16,25H. The average Bonchev–Trinajstić information content (AvgIpc) is 2.83. The molecule has 4 aromatic rings. The van der Waals surface area contributed by atoms with Gasteiger partial charge in [-0.25, -0.2) is 4.99 Å². The number of benzene rings is 4. The van der Waals surface area contributed by atoms with Crippen LogP contribution in [0.4, 0.5) is 0 Å². The Morgan fingerprint density at radius 2 is 1.62 bits per heavy atom. The number of allylic oxidation sites excluding steroid dienone is 1. The lowest BCUT2D eigenvalue weighted by Gasteiger charge is -2.28. The topological polar surface area (TPSA) is 45.4 Å². The Morgan fingerprint density at radius 1 is 0.938 bits per heavy atom. The van der Waals surface area contributed by atoms with E-state index in [0.29, 0.717) is 22.2 Å². The first kappa shape index (κ1) is 20.5. The maximum absolute atomic E-state index is 10.1. The van der Waals surface area contributed by atoms with Gasteiger partial charge in [-0.3, -0.25) is 0 Å². The molecule has 4 aromatic carbocycles. The van der Waals surface area contributed by atoms with E-state index in [0.717, 1.165) is 31.9 Å². The highest BCUT2D eigenvalue weighted by Crippen LogP contribution is 2.48. The number of aliphatic imine (C=N–C) groups is 1. The fourth-order valence-electron chi connectivity index (χ4n) is 3.97. The minimum absolute atomic E-state index is 0.296. The molecule has 0 spiro atoms. The van der Waals surface area contributed by atoms with Gasteiger partial charge in [-0.15, -0.1) is 0 Å². The lowest BCUT2D eigenvalue weighted by atomic mass is 9.82. The summed E-state index contributed by atoms with van der Waals surface area (Å²) in [7, 11) is 0. The third-order valence-corrected chi connectivity index (χ3v) is 6.30. The number of fused-ring (bicyclic) bond motifs is 3. The lowest BCUT2D eigenvalue weighted by Crippen LogP contribution is -2.16. The highest BCUT2D eigenvalue weighted by molar-refractivity contribution is 9.10. The van der Waals surface area contributed by atoms with Crippen LogP contribution in [0, 0.1) is 11.3 Å². The summed E-state index contributed by atoms with van der Waals surface area (Å²) >= 11 is 10.1. The first-order valence-corrected chi connectivity index (χ1v) is 11.2. The molecule has 3 nitrogen and oxygen atoms in total. The van der Waals surface area contributed by atoms with Gasteiger partial charge >= 0.3 is 0 Å². The molecule has 0 radical (unpaired) electrons. The molecule has 0 aromatic heterocycles. The van der Waals surface area contributed by atoms with Gasteiger partial charge in [0, 0.05) is 32.0 Å². The molecule has 0 amide bonds. The van der Waals surface area contributed by atoms with Crippen LogP contribution in [0.25, 0.3) is 10.8 Å². The molecule has 0 saturated carbocycles. The van der Waals surface area contributed by atoms with Crippen LogP contribution in [0.1, 0.15) is 22.6 Å². The van der Waals surface area contributed by atoms with Crippen molar-refractivity contribution in [3.8, 4) is 11.8 Å². The highest BCUT2D eigenvalue weighted by Gasteiger charge is 2.33. The van der Waals surface area contributed by atoms with Crippen molar-refractivity contribution >= 4 is 44.5 Å². The summed E-state index contributed by atoms with van der Waals surface area (Å²) < 4.78 is 7.26. The molecule has 1 unspecified atom stereocenters. The first-order chi connectivity index (χ1) is 15.7. The second-order valence-electron chi connectivity index (χ2n) is 7.41. The zero-order valence-electron chi connectivity index (χ0n) is 16.8. The monoisotopic (exact) mass is 498 g/mol. The minimum Gasteiger partial charge on any atom is -0.437 e. The zero-order valence-corrected chi connectivity index (χ0v) is 19.1. The fourth-order valence-corrected chi connectivity index (χ4v) is 4.51. The summed E-state index contributed by atoms with van der Waals surface area (Å²) in [5.74, 6) is 0.628. The van der Waals surface area contributed by atoms with Crippen molar-refractivity contribution < 1.29 is 4.74 Å². The van der Waals surface area contributed by atoms with Gasteiger partial charge in [-0.05, 0) is 29.3 Å². The third-order valence-electron chi connectivity index (χ3n) is 5.46. The normalized spacial score (nSPS) is 15.5. The van der Waals surface area contributed by atoms with Gasteiger partial charge in [0.2, 0.25) is 5.88 Å². The predicted molar refractivity (Wildman–Crippen MR) is 132 cm³/mol. The maximum Gasteiger partial charge on any atom is 0.234 e. The molecular weight excluding hydrogens is 484 g/mol. The van der Waals surface area contributed by atoms with E-state index in [4.69, 9.17) is 16.3 Å². The molecule has 0 N–H and O–H groups in total. The second-order valence-corrected chi connectivity index (χ2v) is 8.73. The van der Waals surface area contributed by atoms with E-state index in [1.165, 1.54) is 0 Å². The molecule has 0 saturated heterocycles. The largest absolute Gasteiger partial charge is 0.437 e. The Balaban J connectivity index is 1.75. The van der Waals surface area contributed by atoms with Crippen LogP contribution in [0.15, 0.2) is 106 Å². The van der Waals surface area contributed by atoms with Gasteiger partial charge in [0.1, 0.15) is 17.4 Å². The van der Waals surface area contributed by atoms with Crippen LogP contribution in [0.5, 0.6) is 5.75 Å². The first-order valence-electron chi connectivity index (χ1n) is 10.0. The Hall–Kier alpha value is -3.39. The van der Waals surface area contributed by atoms with Crippen LogP contribution in [-0.2, 0) is 0 Å². The van der Waals surface area contributed by atoms with E-state index < -0.39 is 0 Å². The summed E-state index contributed by atoms with van der Waals surface area (Å²) in [5.41, 5.74) is 3.19. The lowest BCUT2D eigenvalue weighted by molar-refractivity contribution is 0.400. The third kappa shape index (κ3) is 3.71. The molecule has 1 heterocycles. The van der Waals surface area contributed by atoms with Gasteiger partial charge in [-0.2, -0.15) is 5.26 Å². The van der Waals surface area contributed by atoms with Crippen molar-refractivity contribution in [2.75, 3.05) is 0 Å². The molecule has 0 aliphatic carbocycles. The summed E-state index contributed by atoms with van der Waals surface area (Å²) in [4.78, 5) is 4.59. The molecule has 154 valence electrons. The summed E-state index contributed by atoms with van der Waals surface area (Å²) in [6.07, 6.45) is 1.72. The van der Waals surface area contributed by atoms with Gasteiger partial charge in [0.25, 0.3) is 0 Å². The van der Waals surface area contributed by atoms with Gasteiger partial charge < -0.3 is 4.74 Å². The highest BCUT2D eigenvalue weighted by atomic mass is 79.9. The van der Waals surface area contributed by atoms with Crippen molar-refractivity contribution in [3.05, 3.63) is 123 Å². The molecule has 32 heavy (non-hydrogen) atoms. The van der Waals surface area contributed by atoms with E-state index in [1.807, 2.05) is 84.9 Å². The number of halogens is 2. The number of hydrogen-bond donors (Lipinski definition) is 0. The molecule has 0 fully saturated rings. The number of nitriles is 1. The number of ether oxygens (including phenoxy) is 1. The fraction of sp³-hybridized carbons (Fsp3) is 0.0370. The SMILES string of the molecule is N#CC1=C(N=Cc2ccccc2)Oc2c(cc(Cl)c3ccccc23)C1c1ccc(Br)cc1. The van der Waals surface area contributed by atoms with Crippen LogP contribution < -0.4 is 4.74 Å². The van der Waals surface area contributed by atoms with Crippen LogP contribution in [0.3, 0.4) is 0 Å². The number of hydrogen-bond acceptors (Lipinski definition) is 3. The number of nitrogens with zero attached hydrogens (tertiary/aromatic N) is 2. The van der Waals surface area contributed by atoms with E-state index in [9.17, 15) is 5.26 Å². The average molecular weight is 500 g/mol. The molecule has 5 rings (SSSR count). The van der Waals surface area contributed by atoms with Crippen LogP contribution in [0.2, 0.25) is 5.02 Å². The zero-order chi connectivity index (χ0) is 22.1. The van der Waals surface area contributed by atoms with Crippen molar-refractivity contribution in [3.63, 3.8) is 0 Å². The molecular formula is C27H16BrClN2O. The Bertz CT molecular complexity index is 1420. The molecule has 0 bridgehead atoms. The van der Waals surface area contributed by atoms with Crippen molar-refractivity contribution in [1.29, 1.82) is 5.26 Å². The predicted octanol–water partition coefficient (Wildman–Crippen LogP) is 7.63. The Labute approximate surface area is 199 Å². The van der Waals surface area contributed by atoms with Crippen LogP contribution in [-0.4, -0.2) is 6.21 Å². The molecule has 5 heteroatoms. The van der Waals surface area contributed by atoms with Crippen molar-refractivity contribution in [2.45, 2.75) is 5.92 Å². The van der Waals surface area contributed by atoms with E-state index in [-0.39, 0.29) is 5.92 Å². The quantitative estimate of drug-likeness (QED) is 0.272. The molecule has 1 aliphatic rings. The van der Waals surface area contributed by atoms with Gasteiger partial charge in [0.05, 0.1) is 5.92 Å². The van der Waals surface area contributed by atoms with E-state index in [2.05, 4.69) is 27.0 Å². The maximum atomic E-state index is 10.1. The van der Waals surface area contributed by atoms with Crippen molar-refractivity contribution in [2.24, 2.45) is 4.99 Å². The van der Waals surface area contributed by atoms with E-state index >= 15 is 0 Å².